The van der Waals surface area contributed by atoms with Gasteiger partial charge in [-0.2, -0.15) is 0 Å². The minimum absolute atomic E-state index is 0.200. The molecule has 0 saturated carbocycles. The van der Waals surface area contributed by atoms with Crippen LogP contribution in [0.5, 0.6) is 0 Å². The fourth-order valence-electron chi connectivity index (χ4n) is 4.72. The van der Waals surface area contributed by atoms with E-state index in [-0.39, 0.29) is 17.9 Å². The summed E-state index contributed by atoms with van der Waals surface area (Å²) in [7, 11) is 0. The highest BCUT2D eigenvalue weighted by Crippen LogP contribution is 2.28. The van der Waals surface area contributed by atoms with Gasteiger partial charge in [0, 0.05) is 25.7 Å². The number of benzene rings is 3. The maximum absolute atomic E-state index is 13.5. The van der Waals surface area contributed by atoms with Crippen molar-refractivity contribution >= 4 is 28.5 Å². The van der Waals surface area contributed by atoms with Gasteiger partial charge in [0.15, 0.2) is 0 Å². The normalized spacial score (nSPS) is 15.0. The van der Waals surface area contributed by atoms with Gasteiger partial charge in [-0.1, -0.05) is 54.6 Å². The van der Waals surface area contributed by atoms with Gasteiger partial charge >= 0.3 is 0 Å². The van der Waals surface area contributed by atoms with Crippen LogP contribution in [-0.4, -0.2) is 34.5 Å². The minimum Gasteiger partial charge on any atom is -0.371 e. The Morgan fingerprint density at radius 3 is 2.66 bits per heavy atom. The summed E-state index contributed by atoms with van der Waals surface area (Å²) in [6, 6.07) is 21.8. The fourth-order valence-corrected chi connectivity index (χ4v) is 4.72. The lowest BCUT2D eigenvalue weighted by Gasteiger charge is -2.26. The second-order valence-corrected chi connectivity index (χ2v) is 8.82. The fraction of sp³-hybridized carbons (Fsp3) is 0.250. The van der Waals surface area contributed by atoms with Crippen molar-refractivity contribution in [3.63, 3.8) is 0 Å². The van der Waals surface area contributed by atoms with Crippen LogP contribution in [0, 0.1) is 6.92 Å². The molecule has 4 aromatic rings. The highest BCUT2D eigenvalue weighted by atomic mass is 16.5. The van der Waals surface area contributed by atoms with Gasteiger partial charge in [0.25, 0.3) is 5.91 Å². The summed E-state index contributed by atoms with van der Waals surface area (Å²) in [5.41, 5.74) is 5.88. The van der Waals surface area contributed by atoms with E-state index < -0.39 is 0 Å². The largest absolute Gasteiger partial charge is 0.371 e. The number of carbonyl (C=O) groups is 2. The molecular formula is C28H28N4O3. The minimum atomic E-state index is -0.233. The van der Waals surface area contributed by atoms with Crippen LogP contribution in [0.2, 0.25) is 0 Å². The SMILES string of the molecule is CC(=O)Nc1cc(C(=O)NC[C@@H]2OCCc3ccccc32)c2c(c1)nc(C)n2Cc1ccccc1. The maximum atomic E-state index is 13.5. The Bertz CT molecular complexity index is 1390. The molecule has 2 amide bonds. The molecule has 1 atom stereocenters. The summed E-state index contributed by atoms with van der Waals surface area (Å²) < 4.78 is 8.02. The number of fused-ring (bicyclic) bond motifs is 2. The Hall–Kier alpha value is -3.97. The first kappa shape index (κ1) is 22.8. The molecule has 0 radical (unpaired) electrons. The van der Waals surface area contributed by atoms with Crippen LogP contribution in [0.15, 0.2) is 66.7 Å². The third-order valence-electron chi connectivity index (χ3n) is 6.32. The number of hydrogen-bond donors (Lipinski definition) is 2. The topological polar surface area (TPSA) is 85.2 Å². The number of hydrogen-bond acceptors (Lipinski definition) is 4. The summed E-state index contributed by atoms with van der Waals surface area (Å²) in [6.07, 6.45) is 0.673. The molecule has 5 rings (SSSR count). The van der Waals surface area contributed by atoms with Crippen LogP contribution in [-0.2, 0) is 22.5 Å². The molecule has 1 aliphatic heterocycles. The number of nitrogens with one attached hydrogen (secondary N) is 2. The highest BCUT2D eigenvalue weighted by molar-refractivity contribution is 6.07. The van der Waals surface area contributed by atoms with Gasteiger partial charge in [-0.25, -0.2) is 4.98 Å². The summed E-state index contributed by atoms with van der Waals surface area (Å²) in [5.74, 6) is 0.355. The molecule has 0 spiro atoms. The van der Waals surface area contributed by atoms with E-state index in [4.69, 9.17) is 9.72 Å². The number of amides is 2. The molecule has 7 nitrogen and oxygen atoms in total. The molecular weight excluding hydrogens is 440 g/mol. The lowest BCUT2D eigenvalue weighted by atomic mass is 9.97. The van der Waals surface area contributed by atoms with Crippen LogP contribution in [0.25, 0.3) is 11.0 Å². The van der Waals surface area contributed by atoms with E-state index in [9.17, 15) is 9.59 Å². The van der Waals surface area contributed by atoms with E-state index in [1.165, 1.54) is 12.5 Å². The number of ether oxygens (including phenoxy) is 1. The van der Waals surface area contributed by atoms with Crippen LogP contribution >= 0.6 is 0 Å². The molecule has 1 aromatic heterocycles. The number of rotatable bonds is 6. The quantitative estimate of drug-likeness (QED) is 0.439. The van der Waals surface area contributed by atoms with Crippen LogP contribution in [0.1, 0.15) is 45.9 Å². The number of aromatic nitrogens is 2. The van der Waals surface area contributed by atoms with Crippen molar-refractivity contribution < 1.29 is 14.3 Å². The summed E-state index contributed by atoms with van der Waals surface area (Å²) >= 11 is 0. The molecule has 0 fully saturated rings. The molecule has 7 heteroatoms. The lowest BCUT2D eigenvalue weighted by molar-refractivity contribution is -0.114. The third-order valence-corrected chi connectivity index (χ3v) is 6.32. The van der Waals surface area contributed by atoms with Crippen molar-refractivity contribution in [2.24, 2.45) is 0 Å². The molecule has 2 heterocycles. The standard InChI is InChI=1S/C28H28N4O3/c1-18-30-25-15-22(31-19(2)33)14-24(27(25)32(18)17-20-8-4-3-5-9-20)28(34)29-16-26-23-11-7-6-10-21(23)12-13-35-26/h3-11,14-15,26H,12-13,16-17H2,1-2H3,(H,29,34)(H,31,33)/t26-/m0/s1. The number of carbonyl (C=O) groups excluding carboxylic acids is 2. The summed E-state index contributed by atoms with van der Waals surface area (Å²) in [4.78, 5) is 30.0. The molecule has 1 aliphatic rings. The average Bonchev–Trinajstić information content (AvgIpc) is 3.16. The zero-order valence-electron chi connectivity index (χ0n) is 19.9. The van der Waals surface area contributed by atoms with E-state index in [0.29, 0.717) is 36.5 Å². The second-order valence-electron chi connectivity index (χ2n) is 8.82. The van der Waals surface area contributed by atoms with E-state index in [2.05, 4.69) is 34.9 Å². The number of anilines is 1. The maximum Gasteiger partial charge on any atom is 0.253 e. The predicted molar refractivity (Wildman–Crippen MR) is 135 cm³/mol. The van der Waals surface area contributed by atoms with Gasteiger partial charge in [-0.3, -0.25) is 9.59 Å². The smallest absolute Gasteiger partial charge is 0.253 e. The molecule has 3 aromatic carbocycles. The first-order valence-electron chi connectivity index (χ1n) is 11.8. The number of aryl methyl sites for hydroxylation is 1. The monoisotopic (exact) mass is 468 g/mol. The van der Waals surface area contributed by atoms with Crippen LogP contribution < -0.4 is 10.6 Å². The number of imidazole rings is 1. The highest BCUT2D eigenvalue weighted by Gasteiger charge is 2.23. The Labute approximate surface area is 204 Å². The molecule has 0 aliphatic carbocycles. The molecule has 0 bridgehead atoms. The van der Waals surface area contributed by atoms with Crippen molar-refractivity contribution in [2.75, 3.05) is 18.5 Å². The van der Waals surface area contributed by atoms with Crippen molar-refractivity contribution in [1.82, 2.24) is 14.9 Å². The average molecular weight is 469 g/mol. The van der Waals surface area contributed by atoms with Gasteiger partial charge in [0.05, 0.1) is 23.2 Å². The molecule has 0 unspecified atom stereocenters. The molecule has 0 saturated heterocycles. The zero-order chi connectivity index (χ0) is 24.4. The lowest BCUT2D eigenvalue weighted by Crippen LogP contribution is -2.32. The van der Waals surface area contributed by atoms with Gasteiger partial charge < -0.3 is 19.9 Å². The first-order valence-corrected chi connectivity index (χ1v) is 11.8. The Morgan fingerprint density at radius 1 is 1.09 bits per heavy atom. The van der Waals surface area contributed by atoms with Crippen molar-refractivity contribution in [3.8, 4) is 0 Å². The van der Waals surface area contributed by atoms with E-state index >= 15 is 0 Å². The van der Waals surface area contributed by atoms with E-state index in [0.717, 1.165) is 28.9 Å². The van der Waals surface area contributed by atoms with Crippen molar-refractivity contribution in [1.29, 1.82) is 0 Å². The Balaban J connectivity index is 1.49. The Kier molecular flexibility index (Phi) is 6.33. The van der Waals surface area contributed by atoms with Crippen LogP contribution in [0.3, 0.4) is 0 Å². The predicted octanol–water partition coefficient (Wildman–Crippen LogP) is 4.40. The van der Waals surface area contributed by atoms with Crippen molar-refractivity contribution in [3.05, 3.63) is 94.8 Å². The molecule has 2 N–H and O–H groups in total. The first-order chi connectivity index (χ1) is 17.0. The van der Waals surface area contributed by atoms with Gasteiger partial charge in [-0.15, -0.1) is 0 Å². The third kappa shape index (κ3) is 4.81. The van der Waals surface area contributed by atoms with Gasteiger partial charge in [0.1, 0.15) is 11.9 Å². The molecule has 178 valence electrons. The van der Waals surface area contributed by atoms with Gasteiger partial charge in [-0.05, 0) is 42.2 Å². The van der Waals surface area contributed by atoms with E-state index in [1.54, 1.807) is 6.07 Å². The Morgan fingerprint density at radius 2 is 1.86 bits per heavy atom. The summed E-state index contributed by atoms with van der Waals surface area (Å²) in [6.45, 7) is 4.94. The molecule has 35 heavy (non-hydrogen) atoms. The summed E-state index contributed by atoms with van der Waals surface area (Å²) in [5, 5.41) is 5.86. The zero-order valence-corrected chi connectivity index (χ0v) is 19.9. The number of nitrogens with zero attached hydrogens (tertiary/aromatic N) is 2. The second kappa shape index (κ2) is 9.72. The van der Waals surface area contributed by atoms with E-state index in [1.807, 2.05) is 47.9 Å². The van der Waals surface area contributed by atoms with Crippen molar-refractivity contribution in [2.45, 2.75) is 32.9 Å². The van der Waals surface area contributed by atoms with Crippen LogP contribution in [0.4, 0.5) is 5.69 Å². The van der Waals surface area contributed by atoms with Gasteiger partial charge in [0.2, 0.25) is 5.91 Å².